The zero-order valence-corrected chi connectivity index (χ0v) is 8.21. The Balaban J connectivity index is 4.12. The van der Waals surface area contributed by atoms with Gasteiger partial charge in [-0.05, 0) is 35.4 Å². The summed E-state index contributed by atoms with van der Waals surface area (Å²) in [5.74, 6) is 3.41. The Morgan fingerprint density at radius 1 is 1.70 bits per heavy atom. The Morgan fingerprint density at radius 2 is 2.30 bits per heavy atom. The largest absolute Gasteiger partial charge is 0.274 e. The predicted molar refractivity (Wildman–Crippen MR) is 54.2 cm³/mol. The van der Waals surface area contributed by atoms with Crippen LogP contribution < -0.4 is 0 Å². The Labute approximate surface area is 74.6 Å². The number of allylic oxidation sites excluding steroid dienone is 2. The molecule has 0 aromatic heterocycles. The van der Waals surface area contributed by atoms with Crippen LogP contribution in [0.4, 0.5) is 0 Å². The van der Waals surface area contributed by atoms with E-state index in [1.54, 1.807) is 13.1 Å². The Bertz CT molecular complexity index is 210. The van der Waals surface area contributed by atoms with Crippen molar-refractivity contribution < 1.29 is 0 Å². The summed E-state index contributed by atoms with van der Waals surface area (Å²) in [6.45, 7) is 5.46. The maximum absolute atomic E-state index is 3.86. The van der Waals surface area contributed by atoms with Crippen molar-refractivity contribution in [2.75, 3.05) is 7.05 Å². The molecular formula is C7H9IN2. The van der Waals surface area contributed by atoms with E-state index in [2.05, 4.69) is 45.0 Å². The quantitative estimate of drug-likeness (QED) is 0.294. The van der Waals surface area contributed by atoms with Crippen molar-refractivity contribution in [1.29, 1.82) is 0 Å². The molecule has 0 atom stereocenters. The SMILES string of the molecule is C=C(I)C=C=N/C(C)=N\C. The molecule has 0 fully saturated rings. The highest BCUT2D eigenvalue weighted by Gasteiger charge is 1.75. The van der Waals surface area contributed by atoms with Gasteiger partial charge in [0.1, 0.15) is 5.84 Å². The average molecular weight is 248 g/mol. The smallest absolute Gasteiger partial charge is 0.129 e. The van der Waals surface area contributed by atoms with Crippen molar-refractivity contribution in [3.05, 3.63) is 16.2 Å². The van der Waals surface area contributed by atoms with Gasteiger partial charge in [0.05, 0.1) is 0 Å². The van der Waals surface area contributed by atoms with Gasteiger partial charge in [-0.1, -0.05) is 6.58 Å². The second-order valence-electron chi connectivity index (χ2n) is 1.60. The van der Waals surface area contributed by atoms with Gasteiger partial charge in [-0.25, -0.2) is 0 Å². The first kappa shape index (κ1) is 9.59. The van der Waals surface area contributed by atoms with Gasteiger partial charge in [-0.3, -0.25) is 4.99 Å². The van der Waals surface area contributed by atoms with Crippen molar-refractivity contribution in [2.24, 2.45) is 9.98 Å². The third-order valence-corrected chi connectivity index (χ3v) is 1.08. The van der Waals surface area contributed by atoms with E-state index < -0.39 is 0 Å². The van der Waals surface area contributed by atoms with E-state index in [1.165, 1.54) is 0 Å². The molecule has 54 valence electrons. The van der Waals surface area contributed by atoms with Crippen LogP contribution in [0.3, 0.4) is 0 Å². The summed E-state index contributed by atoms with van der Waals surface area (Å²) in [5, 5.41) is 0. The highest BCUT2D eigenvalue weighted by molar-refractivity contribution is 14.1. The lowest BCUT2D eigenvalue weighted by molar-refractivity contribution is 1.39. The molecule has 0 radical (unpaired) electrons. The monoisotopic (exact) mass is 248 g/mol. The lowest BCUT2D eigenvalue weighted by Crippen LogP contribution is -1.81. The molecule has 0 bridgehead atoms. The number of aliphatic imine (C=N–C) groups is 2. The minimum absolute atomic E-state index is 0.717. The molecule has 0 aliphatic carbocycles. The first-order chi connectivity index (χ1) is 4.66. The minimum atomic E-state index is 0.717. The van der Waals surface area contributed by atoms with E-state index in [9.17, 15) is 0 Å². The number of hydrogen-bond acceptors (Lipinski definition) is 1. The Hall–Kier alpha value is -0.410. The van der Waals surface area contributed by atoms with Gasteiger partial charge >= 0.3 is 0 Å². The molecule has 0 amide bonds. The second kappa shape index (κ2) is 5.38. The topological polar surface area (TPSA) is 24.7 Å². The molecule has 0 N–H and O–H groups in total. The van der Waals surface area contributed by atoms with E-state index >= 15 is 0 Å². The summed E-state index contributed by atoms with van der Waals surface area (Å²) >= 11 is 2.09. The lowest BCUT2D eigenvalue weighted by Gasteiger charge is -1.80. The lowest BCUT2D eigenvalue weighted by atomic mass is 10.6. The van der Waals surface area contributed by atoms with Gasteiger partial charge in [0.15, 0.2) is 0 Å². The number of halogens is 1. The molecule has 2 nitrogen and oxygen atoms in total. The number of amidine groups is 1. The van der Waals surface area contributed by atoms with Crippen LogP contribution in [0.1, 0.15) is 6.92 Å². The van der Waals surface area contributed by atoms with Crippen molar-refractivity contribution in [3.8, 4) is 0 Å². The fourth-order valence-electron chi connectivity index (χ4n) is 0.246. The molecule has 0 unspecified atom stereocenters. The molecule has 0 aliphatic heterocycles. The fourth-order valence-corrected chi connectivity index (χ4v) is 0.385. The standard InChI is InChI=1S/C7H9IN2/c1-6(8)4-5-10-7(2)9-3/h4H,1H2,2-3H3/b9-7-. The maximum atomic E-state index is 3.86. The fraction of sp³-hybridized carbons (Fsp3) is 0.286. The van der Waals surface area contributed by atoms with Crippen molar-refractivity contribution >= 4 is 34.3 Å². The van der Waals surface area contributed by atoms with Gasteiger partial charge in [-0.15, -0.1) is 0 Å². The summed E-state index contributed by atoms with van der Waals surface area (Å²) in [6, 6.07) is 0. The van der Waals surface area contributed by atoms with Crippen LogP contribution in [0, 0.1) is 0 Å². The molecule has 10 heavy (non-hydrogen) atoms. The molecule has 0 aromatic carbocycles. The van der Waals surface area contributed by atoms with Crippen LogP contribution in [0.5, 0.6) is 0 Å². The van der Waals surface area contributed by atoms with Crippen molar-refractivity contribution in [1.82, 2.24) is 0 Å². The third-order valence-electron chi connectivity index (χ3n) is 0.771. The molecule has 0 aliphatic rings. The van der Waals surface area contributed by atoms with E-state index in [1.807, 2.05) is 6.92 Å². The van der Waals surface area contributed by atoms with E-state index in [0.717, 1.165) is 3.58 Å². The van der Waals surface area contributed by atoms with Crippen LogP contribution >= 0.6 is 22.6 Å². The number of rotatable bonds is 1. The first-order valence-corrected chi connectivity index (χ1v) is 3.82. The van der Waals surface area contributed by atoms with E-state index in [0.29, 0.717) is 5.84 Å². The minimum Gasteiger partial charge on any atom is -0.274 e. The molecule has 3 heteroatoms. The summed E-state index contributed by atoms with van der Waals surface area (Å²) in [4.78, 5) is 7.68. The van der Waals surface area contributed by atoms with Crippen LogP contribution in [-0.2, 0) is 0 Å². The van der Waals surface area contributed by atoms with Gasteiger partial charge in [0, 0.05) is 16.7 Å². The maximum Gasteiger partial charge on any atom is 0.129 e. The summed E-state index contributed by atoms with van der Waals surface area (Å²) in [6.07, 6.45) is 1.70. The van der Waals surface area contributed by atoms with Crippen LogP contribution in [0.25, 0.3) is 0 Å². The van der Waals surface area contributed by atoms with Crippen molar-refractivity contribution in [2.45, 2.75) is 6.92 Å². The highest BCUT2D eigenvalue weighted by Crippen LogP contribution is 1.99. The Kier molecular flexibility index (Phi) is 5.16. The second-order valence-corrected chi connectivity index (χ2v) is 2.99. The zero-order valence-electron chi connectivity index (χ0n) is 6.06. The zero-order chi connectivity index (χ0) is 7.98. The predicted octanol–water partition coefficient (Wildman–Crippen LogP) is 2.21. The number of hydrogen-bond donors (Lipinski definition) is 0. The van der Waals surface area contributed by atoms with Crippen LogP contribution in [0.15, 0.2) is 26.2 Å². The normalized spacial score (nSPS) is 10.1. The number of nitrogens with zero attached hydrogens (tertiary/aromatic N) is 2. The van der Waals surface area contributed by atoms with Crippen molar-refractivity contribution in [3.63, 3.8) is 0 Å². The summed E-state index contributed by atoms with van der Waals surface area (Å²) in [7, 11) is 1.69. The van der Waals surface area contributed by atoms with Crippen LogP contribution in [-0.4, -0.2) is 18.8 Å². The summed E-state index contributed by atoms with van der Waals surface area (Å²) in [5.41, 5.74) is 0. The molecular weight excluding hydrogens is 239 g/mol. The van der Waals surface area contributed by atoms with E-state index in [-0.39, 0.29) is 0 Å². The molecule has 0 spiro atoms. The average Bonchev–Trinajstić information content (AvgIpc) is 1.87. The van der Waals surface area contributed by atoms with Gasteiger partial charge < -0.3 is 0 Å². The third kappa shape index (κ3) is 5.72. The van der Waals surface area contributed by atoms with Gasteiger partial charge in [0.2, 0.25) is 0 Å². The molecule has 0 heterocycles. The molecule has 0 saturated carbocycles. The molecule has 0 saturated heterocycles. The van der Waals surface area contributed by atoms with E-state index in [4.69, 9.17) is 0 Å². The highest BCUT2D eigenvalue weighted by atomic mass is 127. The molecule has 0 aromatic rings. The van der Waals surface area contributed by atoms with Gasteiger partial charge in [0.25, 0.3) is 0 Å². The Morgan fingerprint density at radius 3 is 2.70 bits per heavy atom. The first-order valence-electron chi connectivity index (χ1n) is 2.74. The molecule has 0 rings (SSSR count). The summed E-state index contributed by atoms with van der Waals surface area (Å²) < 4.78 is 0.908. The van der Waals surface area contributed by atoms with Crippen LogP contribution in [0.2, 0.25) is 0 Å². The van der Waals surface area contributed by atoms with Gasteiger partial charge in [-0.2, -0.15) is 4.99 Å².